The van der Waals surface area contributed by atoms with Gasteiger partial charge in [0.1, 0.15) is 4.60 Å². The third-order valence-corrected chi connectivity index (χ3v) is 2.70. The van der Waals surface area contributed by atoms with Crippen LogP contribution in [-0.4, -0.2) is 25.5 Å². The van der Waals surface area contributed by atoms with E-state index in [9.17, 15) is 13.6 Å². The number of imidazole rings is 1. The normalized spacial score (nSPS) is 11.6. The van der Waals surface area contributed by atoms with Crippen molar-refractivity contribution in [1.82, 2.24) is 19.1 Å². The lowest BCUT2D eigenvalue weighted by Gasteiger charge is -2.00. The van der Waals surface area contributed by atoms with Crippen LogP contribution in [0.5, 0.6) is 0 Å². The Morgan fingerprint density at radius 2 is 2.12 bits per heavy atom. The first-order valence-corrected chi connectivity index (χ1v) is 5.73. The Bertz CT molecular complexity index is 607. The summed E-state index contributed by atoms with van der Waals surface area (Å²) in [5.41, 5.74) is -0.0197. The van der Waals surface area contributed by atoms with E-state index in [4.69, 9.17) is 0 Å². The van der Waals surface area contributed by atoms with Crippen LogP contribution in [0.4, 0.5) is 8.78 Å². The third kappa shape index (κ3) is 2.08. The van der Waals surface area contributed by atoms with Gasteiger partial charge in [-0.1, -0.05) is 0 Å². The van der Waals surface area contributed by atoms with Crippen LogP contribution < -0.4 is 5.69 Å². The molecule has 0 aromatic carbocycles. The number of alkyl halides is 2. The van der Waals surface area contributed by atoms with E-state index in [1.165, 1.54) is 10.8 Å². The minimum atomic E-state index is -2.61. The van der Waals surface area contributed by atoms with Crippen LogP contribution in [0.2, 0.25) is 0 Å². The topological polar surface area (TPSA) is 52.7 Å². The van der Waals surface area contributed by atoms with Gasteiger partial charge in [0.15, 0.2) is 11.3 Å². The monoisotopic (exact) mass is 306 g/mol. The highest BCUT2D eigenvalue weighted by atomic mass is 79.9. The van der Waals surface area contributed by atoms with Crippen LogP contribution in [0, 0.1) is 0 Å². The van der Waals surface area contributed by atoms with Crippen molar-refractivity contribution in [3.05, 3.63) is 21.3 Å². The minimum absolute atomic E-state index is 0.173. The van der Waals surface area contributed by atoms with Crippen molar-refractivity contribution in [3.8, 4) is 0 Å². The van der Waals surface area contributed by atoms with E-state index in [0.29, 0.717) is 16.8 Å². The molecule has 5 nitrogen and oxygen atoms in total. The van der Waals surface area contributed by atoms with Gasteiger partial charge >= 0.3 is 5.69 Å². The van der Waals surface area contributed by atoms with Crippen LogP contribution in [-0.2, 0) is 13.1 Å². The summed E-state index contributed by atoms with van der Waals surface area (Å²) in [6.07, 6.45) is -1.18. The second-order valence-electron chi connectivity index (χ2n) is 3.37. The molecule has 2 aromatic heterocycles. The molecule has 2 rings (SSSR count). The molecule has 2 aromatic rings. The summed E-state index contributed by atoms with van der Waals surface area (Å²) in [4.78, 5) is 19.9. The summed E-state index contributed by atoms with van der Waals surface area (Å²) in [6, 6.07) is 0. The number of aromatic nitrogens is 4. The number of hydrogen-bond acceptors (Lipinski definition) is 3. The summed E-state index contributed by atoms with van der Waals surface area (Å²) in [7, 11) is 0. The maximum absolute atomic E-state index is 12.4. The van der Waals surface area contributed by atoms with Crippen molar-refractivity contribution in [1.29, 1.82) is 0 Å². The van der Waals surface area contributed by atoms with Gasteiger partial charge < -0.3 is 0 Å². The maximum atomic E-state index is 12.4. The molecule has 0 amide bonds. The predicted octanol–water partition coefficient (Wildman–Crippen LogP) is 1.64. The van der Waals surface area contributed by atoms with Gasteiger partial charge in [0.05, 0.1) is 12.7 Å². The molecule has 17 heavy (non-hydrogen) atoms. The first-order chi connectivity index (χ1) is 8.04. The highest BCUT2D eigenvalue weighted by molar-refractivity contribution is 9.10. The predicted molar refractivity (Wildman–Crippen MR) is 61.2 cm³/mol. The molecule has 0 aliphatic heterocycles. The Labute approximate surface area is 103 Å². The zero-order chi connectivity index (χ0) is 12.6. The molecule has 0 aliphatic rings. The van der Waals surface area contributed by atoms with Gasteiger partial charge in [0, 0.05) is 6.54 Å². The van der Waals surface area contributed by atoms with Gasteiger partial charge in [-0.25, -0.2) is 23.5 Å². The molecule has 0 N–H and O–H groups in total. The smallest absolute Gasteiger partial charge is 0.275 e. The number of hydrogen-bond donors (Lipinski definition) is 0. The van der Waals surface area contributed by atoms with Gasteiger partial charge in [-0.2, -0.15) is 0 Å². The van der Waals surface area contributed by atoms with E-state index < -0.39 is 18.7 Å². The molecular formula is C9H9BrF2N4O. The molecule has 0 unspecified atom stereocenters. The van der Waals surface area contributed by atoms with Crippen molar-refractivity contribution in [3.63, 3.8) is 0 Å². The number of nitrogens with zero attached hydrogens (tertiary/aromatic N) is 4. The SMILES string of the molecule is CCn1c(=O)n(CC(F)F)c2nc(Br)cnc21. The molecule has 0 aliphatic carbocycles. The molecule has 8 heteroatoms. The second-order valence-corrected chi connectivity index (χ2v) is 4.18. The molecule has 0 atom stereocenters. The Hall–Kier alpha value is -1.31. The van der Waals surface area contributed by atoms with Crippen LogP contribution in [0.25, 0.3) is 11.3 Å². The molecule has 0 saturated heterocycles. The van der Waals surface area contributed by atoms with Crippen LogP contribution in [0.1, 0.15) is 6.92 Å². The summed E-state index contributed by atoms with van der Waals surface area (Å²) < 4.78 is 27.5. The molecule has 0 saturated carbocycles. The van der Waals surface area contributed by atoms with Crippen molar-refractivity contribution >= 4 is 27.2 Å². The van der Waals surface area contributed by atoms with Crippen molar-refractivity contribution in [2.24, 2.45) is 0 Å². The largest absolute Gasteiger partial charge is 0.331 e. The number of halogens is 3. The van der Waals surface area contributed by atoms with Crippen LogP contribution >= 0.6 is 15.9 Å². The van der Waals surface area contributed by atoms with Gasteiger partial charge in [0.2, 0.25) is 0 Å². The maximum Gasteiger partial charge on any atom is 0.331 e. The van der Waals surface area contributed by atoms with E-state index in [-0.39, 0.29) is 5.65 Å². The lowest BCUT2D eigenvalue weighted by atomic mass is 10.6. The molecule has 0 radical (unpaired) electrons. The number of fused-ring (bicyclic) bond motifs is 1. The fourth-order valence-electron chi connectivity index (χ4n) is 1.64. The van der Waals surface area contributed by atoms with Gasteiger partial charge in [-0.3, -0.25) is 9.13 Å². The molecule has 2 heterocycles. The van der Waals surface area contributed by atoms with E-state index in [2.05, 4.69) is 25.9 Å². The Morgan fingerprint density at radius 3 is 2.71 bits per heavy atom. The fourth-order valence-corrected chi connectivity index (χ4v) is 1.91. The van der Waals surface area contributed by atoms with Crippen LogP contribution in [0.3, 0.4) is 0 Å². The molecule has 0 fully saturated rings. The zero-order valence-corrected chi connectivity index (χ0v) is 10.5. The van der Waals surface area contributed by atoms with E-state index in [0.717, 1.165) is 4.57 Å². The average molecular weight is 307 g/mol. The van der Waals surface area contributed by atoms with E-state index in [1.807, 2.05) is 0 Å². The molecule has 0 bridgehead atoms. The lowest BCUT2D eigenvalue weighted by molar-refractivity contribution is 0.126. The molecule has 92 valence electrons. The van der Waals surface area contributed by atoms with Gasteiger partial charge in [-0.15, -0.1) is 0 Å². The molecule has 0 spiro atoms. The van der Waals surface area contributed by atoms with Crippen molar-refractivity contribution < 1.29 is 8.78 Å². The number of rotatable bonds is 3. The van der Waals surface area contributed by atoms with E-state index >= 15 is 0 Å². The van der Waals surface area contributed by atoms with Gasteiger partial charge in [-0.05, 0) is 22.9 Å². The van der Waals surface area contributed by atoms with Gasteiger partial charge in [0.25, 0.3) is 6.43 Å². The summed E-state index contributed by atoms with van der Waals surface area (Å²) in [5.74, 6) is 0. The Kier molecular flexibility index (Phi) is 3.23. The highest BCUT2D eigenvalue weighted by Crippen LogP contribution is 2.13. The third-order valence-electron chi connectivity index (χ3n) is 2.32. The summed E-state index contributed by atoms with van der Waals surface area (Å²) in [5, 5.41) is 0. The number of aryl methyl sites for hydroxylation is 1. The summed E-state index contributed by atoms with van der Waals surface area (Å²) in [6.45, 7) is 1.44. The van der Waals surface area contributed by atoms with Crippen molar-refractivity contribution in [2.75, 3.05) is 0 Å². The summed E-state index contributed by atoms with van der Waals surface area (Å²) >= 11 is 3.10. The standard InChI is InChI=1S/C9H9BrF2N4O/c1-2-15-7-8(14-5(10)3-13-7)16(9(15)17)4-6(11)12/h3,6H,2,4H2,1H3. The van der Waals surface area contributed by atoms with Crippen molar-refractivity contribution in [2.45, 2.75) is 26.4 Å². The molecular weight excluding hydrogens is 298 g/mol. The minimum Gasteiger partial charge on any atom is -0.275 e. The highest BCUT2D eigenvalue weighted by Gasteiger charge is 2.17. The second kappa shape index (κ2) is 4.52. The zero-order valence-electron chi connectivity index (χ0n) is 8.90. The van der Waals surface area contributed by atoms with Crippen LogP contribution in [0.15, 0.2) is 15.6 Å². The lowest BCUT2D eigenvalue weighted by Crippen LogP contribution is -2.26. The quantitative estimate of drug-likeness (QED) is 0.866. The Balaban J connectivity index is 2.76. The first-order valence-electron chi connectivity index (χ1n) is 4.94. The van der Waals surface area contributed by atoms with E-state index in [1.54, 1.807) is 6.92 Å². The average Bonchev–Trinajstić information content (AvgIpc) is 2.51. The fraction of sp³-hybridized carbons (Fsp3) is 0.444. The Morgan fingerprint density at radius 1 is 1.41 bits per heavy atom. The first kappa shape index (κ1) is 12.2.